The quantitative estimate of drug-likeness (QED) is 0.309. The number of methoxy groups -OCH3 is 2. The van der Waals surface area contributed by atoms with Crippen LogP contribution in [-0.2, 0) is 16.1 Å². The highest BCUT2D eigenvalue weighted by molar-refractivity contribution is 5.95. The van der Waals surface area contributed by atoms with Gasteiger partial charge in [0, 0.05) is 43.7 Å². The summed E-state index contributed by atoms with van der Waals surface area (Å²) < 4.78 is 31.4. The maximum atomic E-state index is 14.1. The molecule has 1 unspecified atom stereocenters. The van der Waals surface area contributed by atoms with E-state index >= 15 is 0 Å². The number of nitrogens with zero attached hydrogens (tertiary/aromatic N) is 3. The molecule has 1 atom stereocenters. The lowest BCUT2D eigenvalue weighted by Crippen LogP contribution is -2.58. The van der Waals surface area contributed by atoms with Crippen molar-refractivity contribution in [2.45, 2.75) is 51.8 Å². The Hall–Kier alpha value is -5.72. The molecular weight excluding hydrogens is 654 g/mol. The van der Waals surface area contributed by atoms with E-state index < -0.39 is 11.6 Å². The Morgan fingerprint density at radius 3 is 2.22 bits per heavy atom. The Bertz CT molecular complexity index is 1900. The van der Waals surface area contributed by atoms with Gasteiger partial charge in [-0.25, -0.2) is 0 Å². The van der Waals surface area contributed by atoms with Crippen LogP contribution in [0.25, 0.3) is 0 Å². The molecule has 0 aliphatic carbocycles. The average molecular weight is 698 g/mol. The van der Waals surface area contributed by atoms with Gasteiger partial charge in [0.1, 0.15) is 24.1 Å². The third kappa shape index (κ3) is 7.72. The number of ether oxygens (including phenoxy) is 5. The number of aryl methyl sites for hydroxylation is 2. The van der Waals surface area contributed by atoms with E-state index in [1.54, 1.807) is 64.2 Å². The van der Waals surface area contributed by atoms with E-state index in [1.807, 2.05) is 32.9 Å². The van der Waals surface area contributed by atoms with E-state index in [0.29, 0.717) is 53.2 Å². The van der Waals surface area contributed by atoms with Gasteiger partial charge in [-0.1, -0.05) is 6.07 Å². The van der Waals surface area contributed by atoms with Crippen molar-refractivity contribution in [3.8, 4) is 34.5 Å². The second-order valence-electron chi connectivity index (χ2n) is 12.7. The van der Waals surface area contributed by atoms with Crippen LogP contribution in [-0.4, -0.2) is 78.5 Å². The maximum absolute atomic E-state index is 14.1. The first-order valence-corrected chi connectivity index (χ1v) is 16.9. The summed E-state index contributed by atoms with van der Waals surface area (Å²) in [6, 6.07) is 18.7. The molecule has 1 fully saturated rings. The van der Waals surface area contributed by atoms with Crippen LogP contribution in [0.2, 0.25) is 0 Å². The minimum Gasteiger partial charge on any atom is -0.493 e. The number of hydrogen-bond donors (Lipinski definition) is 2. The van der Waals surface area contributed by atoms with E-state index in [0.717, 1.165) is 17.0 Å². The van der Waals surface area contributed by atoms with Gasteiger partial charge in [-0.15, -0.1) is 0 Å². The van der Waals surface area contributed by atoms with Gasteiger partial charge in [-0.05, 0) is 87.0 Å². The molecule has 51 heavy (non-hydrogen) atoms. The number of carbonyl (C=O) groups is 3. The molecule has 13 nitrogen and oxygen atoms in total. The zero-order valence-corrected chi connectivity index (χ0v) is 29.5. The fourth-order valence-electron chi connectivity index (χ4n) is 6.40. The largest absolute Gasteiger partial charge is 0.493 e. The summed E-state index contributed by atoms with van der Waals surface area (Å²) in [6.45, 7) is 7.01. The van der Waals surface area contributed by atoms with Crippen LogP contribution >= 0.6 is 0 Å². The molecule has 3 amide bonds. The number of aromatic nitrogens is 2. The molecule has 3 aromatic carbocycles. The molecule has 8 heterocycles. The van der Waals surface area contributed by atoms with E-state index in [2.05, 4.69) is 15.7 Å². The number of likely N-dealkylation sites (tertiary alicyclic amines) is 1. The molecule has 1 spiro atoms. The van der Waals surface area contributed by atoms with Crippen molar-refractivity contribution in [2.24, 2.45) is 0 Å². The Kier molecular flexibility index (Phi) is 10.4. The lowest BCUT2D eigenvalue weighted by molar-refractivity contribution is -0.148. The van der Waals surface area contributed by atoms with Crippen molar-refractivity contribution < 1.29 is 38.1 Å². The first-order chi connectivity index (χ1) is 24.6. The molecule has 7 aliphatic heterocycles. The van der Waals surface area contributed by atoms with Crippen molar-refractivity contribution in [3.63, 3.8) is 0 Å². The molecule has 2 N–H and O–H groups in total. The Balaban J connectivity index is 1.25. The highest BCUT2D eigenvalue weighted by atomic mass is 16.5. The molecular formula is C38H43N5O8. The lowest BCUT2D eigenvalue weighted by atomic mass is 9.89. The standard InChI is InChI=1S/C38H43N5O8/c1-24-20-25(2)43(41-24)26(3)36(45)42-17-14-38(15-18-42)37(46)40-23-27-6-12-31(33(21-27)47-4)50-32-13-7-28(22-34(32)48-5)35(44)39-16-19-49-29-8-10-30(51-38)11-9-29/h6-13,20-22,26H,14-19,23H2,1-5H3,(H,39,44)(H,40,46). The summed E-state index contributed by atoms with van der Waals surface area (Å²) >= 11 is 0. The van der Waals surface area contributed by atoms with Gasteiger partial charge in [-0.2, -0.15) is 5.10 Å². The molecule has 6 bridgehead atoms. The number of hydrogen-bond acceptors (Lipinski definition) is 9. The van der Waals surface area contributed by atoms with Gasteiger partial charge < -0.3 is 39.2 Å². The van der Waals surface area contributed by atoms with Crippen LogP contribution in [0, 0.1) is 13.8 Å². The second-order valence-corrected chi connectivity index (χ2v) is 12.7. The molecule has 1 aromatic heterocycles. The predicted molar refractivity (Wildman–Crippen MR) is 188 cm³/mol. The zero-order chi connectivity index (χ0) is 36.1. The van der Waals surface area contributed by atoms with E-state index in [-0.39, 0.29) is 50.3 Å². The third-order valence-corrected chi connectivity index (χ3v) is 9.19. The van der Waals surface area contributed by atoms with Gasteiger partial charge in [0.25, 0.3) is 11.8 Å². The SMILES string of the molecule is COc1cc2ccc1Oc1ccc(cc1OC)C(=O)NCCOc1ccc(cc1)OC1(CCN(C(=O)C(C)n3nc(C)cc3C)CC1)C(=O)NC2. The summed E-state index contributed by atoms with van der Waals surface area (Å²) in [5.74, 6) is 2.05. The summed E-state index contributed by atoms with van der Waals surface area (Å²) in [6.07, 6.45) is 0.561. The van der Waals surface area contributed by atoms with Crippen LogP contribution in [0.4, 0.5) is 0 Å². The van der Waals surface area contributed by atoms with Gasteiger partial charge in [0.15, 0.2) is 28.6 Å². The molecule has 0 radical (unpaired) electrons. The molecule has 13 heteroatoms. The van der Waals surface area contributed by atoms with Crippen molar-refractivity contribution in [1.82, 2.24) is 25.3 Å². The Morgan fingerprint density at radius 2 is 1.55 bits per heavy atom. The smallest absolute Gasteiger partial charge is 0.264 e. The lowest BCUT2D eigenvalue weighted by Gasteiger charge is -2.41. The van der Waals surface area contributed by atoms with E-state index in [4.69, 9.17) is 23.7 Å². The molecule has 11 rings (SSSR count). The highest BCUT2D eigenvalue weighted by Gasteiger charge is 2.45. The average Bonchev–Trinajstić information content (AvgIpc) is 3.49. The van der Waals surface area contributed by atoms with Crippen molar-refractivity contribution in [1.29, 1.82) is 0 Å². The van der Waals surface area contributed by atoms with E-state index in [9.17, 15) is 14.4 Å². The van der Waals surface area contributed by atoms with Crippen molar-refractivity contribution in [2.75, 3.05) is 40.5 Å². The summed E-state index contributed by atoms with van der Waals surface area (Å²) in [5, 5.41) is 10.4. The van der Waals surface area contributed by atoms with Crippen LogP contribution < -0.4 is 34.3 Å². The third-order valence-electron chi connectivity index (χ3n) is 9.19. The van der Waals surface area contributed by atoms with Gasteiger partial charge in [0.2, 0.25) is 5.91 Å². The normalized spacial score (nSPS) is 16.8. The minimum absolute atomic E-state index is 0.0637. The molecule has 0 saturated carbocycles. The molecule has 7 aliphatic rings. The van der Waals surface area contributed by atoms with Crippen molar-refractivity contribution in [3.05, 3.63) is 89.2 Å². The number of nitrogens with one attached hydrogen (secondary N) is 2. The van der Waals surface area contributed by atoms with E-state index in [1.165, 1.54) is 14.2 Å². The molecule has 4 aromatic rings. The number of amides is 3. The summed E-state index contributed by atoms with van der Waals surface area (Å²) in [4.78, 5) is 42.3. The number of piperidine rings is 1. The predicted octanol–water partition coefficient (Wildman–Crippen LogP) is 4.75. The summed E-state index contributed by atoms with van der Waals surface area (Å²) in [5.41, 5.74) is 1.69. The fraction of sp³-hybridized carbons (Fsp3) is 0.368. The number of benzene rings is 3. The van der Waals surface area contributed by atoms with Crippen molar-refractivity contribution >= 4 is 17.7 Å². The van der Waals surface area contributed by atoms with Gasteiger partial charge in [0.05, 0.1) is 26.5 Å². The first-order valence-electron chi connectivity index (χ1n) is 16.9. The summed E-state index contributed by atoms with van der Waals surface area (Å²) in [7, 11) is 3.03. The first kappa shape index (κ1) is 35.1. The number of rotatable bonds is 4. The van der Waals surface area contributed by atoms with Crippen LogP contribution in [0.15, 0.2) is 66.7 Å². The second kappa shape index (κ2) is 15.0. The maximum Gasteiger partial charge on any atom is 0.264 e. The van der Waals surface area contributed by atoms with Crippen LogP contribution in [0.3, 0.4) is 0 Å². The van der Waals surface area contributed by atoms with Crippen LogP contribution in [0.5, 0.6) is 34.5 Å². The highest BCUT2D eigenvalue weighted by Crippen LogP contribution is 2.38. The zero-order valence-electron chi connectivity index (χ0n) is 29.5. The number of carbonyl (C=O) groups excluding carboxylic acids is 3. The topological polar surface area (TPSA) is 142 Å². The Morgan fingerprint density at radius 1 is 0.882 bits per heavy atom. The molecule has 1 saturated heterocycles. The Labute approximate surface area is 296 Å². The molecule has 268 valence electrons. The van der Waals surface area contributed by atoms with Gasteiger partial charge in [-0.3, -0.25) is 19.1 Å². The van der Waals surface area contributed by atoms with Crippen LogP contribution in [0.1, 0.15) is 53.1 Å². The fourth-order valence-corrected chi connectivity index (χ4v) is 6.40. The minimum atomic E-state index is -1.24. The van der Waals surface area contributed by atoms with Gasteiger partial charge >= 0.3 is 0 Å². The monoisotopic (exact) mass is 697 g/mol.